The predicted octanol–water partition coefficient (Wildman–Crippen LogP) is -1.49. The molecule has 1 amide bonds. The van der Waals surface area contributed by atoms with Gasteiger partial charge in [-0.05, 0) is 6.42 Å². The third kappa shape index (κ3) is 8.34. The van der Waals surface area contributed by atoms with E-state index in [-0.39, 0.29) is 12.3 Å². The van der Waals surface area contributed by atoms with E-state index in [1.54, 1.807) is 7.11 Å². The fourth-order valence-corrected chi connectivity index (χ4v) is 1.95. The van der Waals surface area contributed by atoms with Crippen molar-refractivity contribution in [1.29, 1.82) is 0 Å². The van der Waals surface area contributed by atoms with Crippen LogP contribution in [0.1, 0.15) is 6.42 Å². The van der Waals surface area contributed by atoms with Crippen molar-refractivity contribution in [2.24, 2.45) is 5.73 Å². The summed E-state index contributed by atoms with van der Waals surface area (Å²) in [6, 6.07) is 0. The molecule has 0 fully saturated rings. The van der Waals surface area contributed by atoms with Crippen LogP contribution in [0.2, 0.25) is 0 Å². The van der Waals surface area contributed by atoms with Crippen LogP contribution in [0.5, 0.6) is 0 Å². The van der Waals surface area contributed by atoms with Gasteiger partial charge in [0, 0.05) is 26.8 Å². The average Bonchev–Trinajstić information content (AvgIpc) is 2.11. The molecule has 0 aliphatic heterocycles. The highest BCUT2D eigenvalue weighted by Gasteiger charge is 2.14. The van der Waals surface area contributed by atoms with Crippen molar-refractivity contribution in [3.05, 3.63) is 0 Å². The number of sulfone groups is 1. The average molecular weight is 238 g/mol. The monoisotopic (exact) mass is 238 g/mol. The molecule has 0 aliphatic rings. The first kappa shape index (κ1) is 14.3. The highest BCUT2D eigenvalue weighted by molar-refractivity contribution is 7.92. The zero-order valence-corrected chi connectivity index (χ0v) is 9.68. The van der Waals surface area contributed by atoms with Crippen molar-refractivity contribution in [3.63, 3.8) is 0 Å². The molecule has 0 heterocycles. The van der Waals surface area contributed by atoms with E-state index in [0.717, 1.165) is 0 Å². The second kappa shape index (κ2) is 7.61. The maximum Gasteiger partial charge on any atom is 0.235 e. The van der Waals surface area contributed by atoms with E-state index in [4.69, 9.17) is 10.5 Å². The van der Waals surface area contributed by atoms with Crippen molar-refractivity contribution in [2.75, 3.05) is 38.3 Å². The number of carbonyl (C=O) groups excluding carboxylic acids is 1. The third-order valence-corrected chi connectivity index (χ3v) is 3.19. The van der Waals surface area contributed by atoms with Gasteiger partial charge in [0.15, 0.2) is 9.84 Å². The Morgan fingerprint density at radius 2 is 2.13 bits per heavy atom. The van der Waals surface area contributed by atoms with Crippen molar-refractivity contribution < 1.29 is 17.9 Å². The summed E-state index contributed by atoms with van der Waals surface area (Å²) in [4.78, 5) is 11.1. The van der Waals surface area contributed by atoms with Crippen molar-refractivity contribution >= 4 is 15.7 Å². The van der Waals surface area contributed by atoms with Gasteiger partial charge < -0.3 is 15.8 Å². The van der Waals surface area contributed by atoms with E-state index in [0.29, 0.717) is 19.6 Å². The number of ether oxygens (including phenoxy) is 1. The largest absolute Gasteiger partial charge is 0.385 e. The highest BCUT2D eigenvalue weighted by Crippen LogP contribution is 1.88. The van der Waals surface area contributed by atoms with Gasteiger partial charge in [-0.25, -0.2) is 8.42 Å². The van der Waals surface area contributed by atoms with Crippen LogP contribution in [0.15, 0.2) is 0 Å². The van der Waals surface area contributed by atoms with Gasteiger partial charge in [-0.15, -0.1) is 0 Å². The quantitative estimate of drug-likeness (QED) is 0.502. The second-order valence-electron chi connectivity index (χ2n) is 3.08. The van der Waals surface area contributed by atoms with Crippen LogP contribution in [0.25, 0.3) is 0 Å². The minimum absolute atomic E-state index is 0.0410. The first-order valence-corrected chi connectivity index (χ1v) is 6.50. The molecule has 0 spiro atoms. The molecule has 0 unspecified atom stereocenters. The molecule has 15 heavy (non-hydrogen) atoms. The number of nitrogens with two attached hydrogens (primary N) is 1. The van der Waals surface area contributed by atoms with Gasteiger partial charge in [0.25, 0.3) is 0 Å². The maximum atomic E-state index is 11.2. The zero-order valence-electron chi connectivity index (χ0n) is 8.86. The van der Waals surface area contributed by atoms with Crippen molar-refractivity contribution in [2.45, 2.75) is 6.42 Å². The molecule has 0 rings (SSSR count). The molecule has 6 nitrogen and oxygen atoms in total. The summed E-state index contributed by atoms with van der Waals surface area (Å²) in [6.45, 7) is 1.000. The Bertz CT molecular complexity index is 276. The van der Waals surface area contributed by atoms with Gasteiger partial charge in [0.2, 0.25) is 5.91 Å². The molecule has 0 bridgehead atoms. The summed E-state index contributed by atoms with van der Waals surface area (Å²) in [7, 11) is -1.78. The lowest BCUT2D eigenvalue weighted by molar-refractivity contribution is -0.118. The molecule has 3 N–H and O–H groups in total. The molecule has 0 aromatic rings. The van der Waals surface area contributed by atoms with Crippen molar-refractivity contribution in [1.82, 2.24) is 5.32 Å². The normalized spacial score (nSPS) is 11.3. The number of methoxy groups -OCH3 is 1. The number of nitrogens with one attached hydrogen (secondary N) is 1. The summed E-state index contributed by atoms with van der Waals surface area (Å²) in [5.74, 6) is -1.13. The van der Waals surface area contributed by atoms with Gasteiger partial charge in [-0.3, -0.25) is 4.79 Å². The number of hydrogen-bond donors (Lipinski definition) is 2. The Morgan fingerprint density at radius 3 is 2.67 bits per heavy atom. The molecule has 0 saturated heterocycles. The van der Waals surface area contributed by atoms with Crippen LogP contribution in [0.4, 0.5) is 0 Å². The lowest BCUT2D eigenvalue weighted by Gasteiger charge is -2.05. The molecule has 0 atom stereocenters. The molecule has 0 aliphatic carbocycles. The van der Waals surface area contributed by atoms with Gasteiger partial charge in [-0.1, -0.05) is 0 Å². The minimum Gasteiger partial charge on any atom is -0.385 e. The third-order valence-electron chi connectivity index (χ3n) is 1.63. The van der Waals surface area contributed by atoms with E-state index in [1.165, 1.54) is 0 Å². The van der Waals surface area contributed by atoms with Crippen molar-refractivity contribution in [3.8, 4) is 0 Å². The fourth-order valence-electron chi connectivity index (χ4n) is 0.947. The highest BCUT2D eigenvalue weighted by atomic mass is 32.2. The molecular formula is C8H18N2O4S. The molecule has 90 valence electrons. The first-order chi connectivity index (χ1) is 7.02. The van der Waals surface area contributed by atoms with E-state index < -0.39 is 21.5 Å². The van der Waals surface area contributed by atoms with Crippen LogP contribution in [-0.2, 0) is 19.4 Å². The Kier molecular flexibility index (Phi) is 7.27. The van der Waals surface area contributed by atoms with E-state index in [2.05, 4.69) is 5.32 Å². The summed E-state index contributed by atoms with van der Waals surface area (Å²) >= 11 is 0. The predicted molar refractivity (Wildman–Crippen MR) is 57.2 cm³/mol. The zero-order chi connectivity index (χ0) is 11.7. The van der Waals surface area contributed by atoms with Crippen LogP contribution < -0.4 is 11.1 Å². The minimum atomic E-state index is -3.34. The Balaban J connectivity index is 3.74. The van der Waals surface area contributed by atoms with Gasteiger partial charge in [0.05, 0.1) is 5.75 Å². The van der Waals surface area contributed by atoms with Crippen LogP contribution >= 0.6 is 0 Å². The molecule has 0 radical (unpaired) electrons. The summed E-state index contributed by atoms with van der Waals surface area (Å²) in [6.07, 6.45) is 0.666. The molecule has 0 saturated carbocycles. The van der Waals surface area contributed by atoms with Crippen LogP contribution in [0, 0.1) is 0 Å². The fraction of sp³-hybridized carbons (Fsp3) is 0.875. The lowest BCUT2D eigenvalue weighted by Crippen LogP contribution is -2.33. The topological polar surface area (TPSA) is 98.5 Å². The Morgan fingerprint density at radius 1 is 1.47 bits per heavy atom. The Hall–Kier alpha value is -0.660. The SMILES string of the molecule is COCCCNC(=O)CS(=O)(=O)CCN. The maximum absolute atomic E-state index is 11.2. The number of amides is 1. The van der Waals surface area contributed by atoms with E-state index in [1.807, 2.05) is 0 Å². The number of carbonyl (C=O) groups is 1. The van der Waals surface area contributed by atoms with Crippen LogP contribution in [0.3, 0.4) is 0 Å². The molecular weight excluding hydrogens is 220 g/mol. The number of hydrogen-bond acceptors (Lipinski definition) is 5. The van der Waals surface area contributed by atoms with Crippen LogP contribution in [-0.4, -0.2) is 52.6 Å². The Labute approximate surface area is 90.1 Å². The van der Waals surface area contributed by atoms with E-state index in [9.17, 15) is 13.2 Å². The summed E-state index contributed by atoms with van der Waals surface area (Å²) in [5, 5.41) is 2.49. The number of rotatable bonds is 8. The van der Waals surface area contributed by atoms with Gasteiger partial charge in [-0.2, -0.15) is 0 Å². The molecule has 0 aromatic carbocycles. The summed E-state index contributed by atoms with van der Waals surface area (Å²) in [5.41, 5.74) is 5.10. The molecule has 7 heteroatoms. The first-order valence-electron chi connectivity index (χ1n) is 4.68. The van der Waals surface area contributed by atoms with E-state index >= 15 is 0 Å². The smallest absolute Gasteiger partial charge is 0.235 e. The summed E-state index contributed by atoms with van der Waals surface area (Å²) < 4.78 is 27.1. The second-order valence-corrected chi connectivity index (χ2v) is 5.26. The van der Waals surface area contributed by atoms with Gasteiger partial charge >= 0.3 is 0 Å². The van der Waals surface area contributed by atoms with Gasteiger partial charge in [0.1, 0.15) is 5.75 Å². The standard InChI is InChI=1S/C8H18N2O4S/c1-14-5-2-4-10-8(11)7-15(12,13)6-3-9/h2-7,9H2,1H3,(H,10,11). The lowest BCUT2D eigenvalue weighted by atomic mass is 10.4. The molecule has 0 aromatic heterocycles.